The Bertz CT molecular complexity index is 593. The summed E-state index contributed by atoms with van der Waals surface area (Å²) in [5, 5.41) is 9.20. The Morgan fingerprint density at radius 1 is 1.25 bits per heavy atom. The van der Waals surface area contributed by atoms with E-state index in [1.807, 2.05) is 0 Å². The maximum Gasteiger partial charge on any atom is 0.339 e. The summed E-state index contributed by atoms with van der Waals surface area (Å²) in [7, 11) is 0. The molecule has 1 rings (SSSR count). The summed E-state index contributed by atoms with van der Waals surface area (Å²) >= 11 is 0. The Kier molecular flexibility index (Phi) is 6.66. The number of carbonyl (C=O) groups excluding carboxylic acids is 2. The van der Waals surface area contributed by atoms with Crippen LogP contribution in [0.25, 0.3) is 0 Å². The van der Waals surface area contributed by atoms with Gasteiger partial charge in [-0.2, -0.15) is 0 Å². The second-order valence-corrected chi connectivity index (χ2v) is 5.93. The highest BCUT2D eigenvalue weighted by atomic mass is 16.9. The van der Waals surface area contributed by atoms with Crippen LogP contribution in [0.4, 0.5) is 0 Å². The quantitative estimate of drug-likeness (QED) is 0.342. The van der Waals surface area contributed by atoms with E-state index in [9.17, 15) is 19.7 Å². The van der Waals surface area contributed by atoms with Crippen LogP contribution in [0.2, 0.25) is 0 Å². The number of hydrogen-bond acceptors (Lipinski definition) is 8. The molecule has 0 spiro atoms. The molecule has 0 saturated carbocycles. The lowest BCUT2D eigenvalue weighted by atomic mass is 10.1. The van der Waals surface area contributed by atoms with Crippen LogP contribution in [0, 0.1) is 10.1 Å². The van der Waals surface area contributed by atoms with E-state index in [-0.39, 0.29) is 18.6 Å². The summed E-state index contributed by atoms with van der Waals surface area (Å²) in [6.45, 7) is 4.92. The molecule has 0 aromatic heterocycles. The summed E-state index contributed by atoms with van der Waals surface area (Å²) in [5.74, 6) is -1.29. The minimum absolute atomic E-state index is 0.194. The van der Waals surface area contributed by atoms with Gasteiger partial charge in [0, 0.05) is 0 Å². The molecule has 1 unspecified atom stereocenters. The monoisotopic (exact) mass is 340 g/mol. The Hall–Kier alpha value is -2.68. The summed E-state index contributed by atoms with van der Waals surface area (Å²) < 4.78 is 10.0. The van der Waals surface area contributed by atoms with Crippen molar-refractivity contribution in [1.82, 2.24) is 0 Å². The lowest BCUT2D eigenvalue weighted by Gasteiger charge is -2.21. The minimum Gasteiger partial charge on any atom is -0.460 e. The molecule has 0 saturated heterocycles. The summed E-state index contributed by atoms with van der Waals surface area (Å²) in [6, 6.07) is 5.81. The molecule has 0 aliphatic rings. The van der Waals surface area contributed by atoms with Crippen LogP contribution < -0.4 is 5.73 Å². The molecule has 2 N–H and O–H groups in total. The van der Waals surface area contributed by atoms with Gasteiger partial charge in [-0.15, -0.1) is 10.1 Å². The predicted octanol–water partition coefficient (Wildman–Crippen LogP) is 1.57. The van der Waals surface area contributed by atoms with E-state index in [1.165, 1.54) is 24.3 Å². The van der Waals surface area contributed by atoms with Gasteiger partial charge in [-0.3, -0.25) is 10.5 Å². The first-order valence-corrected chi connectivity index (χ1v) is 7.11. The molecule has 0 fully saturated rings. The number of hydrogen-bond donors (Lipinski definition) is 1. The zero-order chi connectivity index (χ0) is 18.3. The molecule has 24 heavy (non-hydrogen) atoms. The number of nitrogens with two attached hydrogens (primary N) is 1. The van der Waals surface area contributed by atoms with Crippen LogP contribution in [-0.2, 0) is 25.7 Å². The van der Waals surface area contributed by atoms with Gasteiger partial charge in [-0.05, 0) is 38.5 Å². The van der Waals surface area contributed by atoms with E-state index in [2.05, 4.69) is 4.84 Å². The minimum atomic E-state index is -1.13. The SMILES string of the molecule is CC(C)(C)OC(=O)CC(N)OC(=O)c1ccc(CO[N+](=O)[O-])cc1. The fourth-order valence-electron chi connectivity index (χ4n) is 1.66. The standard InChI is InChI=1S/C15H20N2O7/c1-15(2,3)24-13(18)8-12(16)23-14(19)11-6-4-10(5-7-11)9-22-17(20)21/h4-7,12H,8-9,16H2,1-3H3. The Morgan fingerprint density at radius 2 is 1.83 bits per heavy atom. The first-order valence-electron chi connectivity index (χ1n) is 7.11. The molecule has 132 valence electrons. The third-order valence-electron chi connectivity index (χ3n) is 2.57. The zero-order valence-electron chi connectivity index (χ0n) is 13.7. The second kappa shape index (κ2) is 8.25. The van der Waals surface area contributed by atoms with Gasteiger partial charge in [0.25, 0.3) is 5.09 Å². The lowest BCUT2D eigenvalue weighted by molar-refractivity contribution is -0.763. The normalized spacial score (nSPS) is 12.2. The first-order chi connectivity index (χ1) is 11.1. The van der Waals surface area contributed by atoms with Crippen LogP contribution in [0.3, 0.4) is 0 Å². The number of carbonyl (C=O) groups is 2. The first kappa shape index (κ1) is 19.4. The van der Waals surface area contributed by atoms with E-state index in [4.69, 9.17) is 15.2 Å². The topological polar surface area (TPSA) is 131 Å². The van der Waals surface area contributed by atoms with Gasteiger partial charge in [-0.1, -0.05) is 12.1 Å². The van der Waals surface area contributed by atoms with Crippen molar-refractivity contribution in [1.29, 1.82) is 0 Å². The van der Waals surface area contributed by atoms with E-state index >= 15 is 0 Å². The third-order valence-corrected chi connectivity index (χ3v) is 2.57. The summed E-state index contributed by atoms with van der Waals surface area (Å²) in [5.41, 5.74) is 5.66. The molecule has 1 aromatic carbocycles. The maximum absolute atomic E-state index is 11.9. The molecule has 0 aliphatic heterocycles. The van der Waals surface area contributed by atoms with Crippen LogP contribution >= 0.6 is 0 Å². The molecule has 1 aromatic rings. The lowest BCUT2D eigenvalue weighted by Crippen LogP contribution is -2.33. The maximum atomic E-state index is 11.9. The van der Waals surface area contributed by atoms with Crippen molar-refractivity contribution >= 4 is 11.9 Å². The predicted molar refractivity (Wildman–Crippen MR) is 82.1 cm³/mol. The van der Waals surface area contributed by atoms with Gasteiger partial charge in [0.1, 0.15) is 12.2 Å². The molecule has 0 heterocycles. The summed E-state index contributed by atoms with van der Waals surface area (Å²) in [4.78, 5) is 37.8. The highest BCUT2D eigenvalue weighted by molar-refractivity contribution is 5.89. The number of rotatable bonds is 7. The molecule has 0 radical (unpaired) electrons. The zero-order valence-corrected chi connectivity index (χ0v) is 13.7. The van der Waals surface area contributed by atoms with Crippen LogP contribution in [-0.4, -0.2) is 28.9 Å². The van der Waals surface area contributed by atoms with Crippen molar-refractivity contribution in [2.75, 3.05) is 0 Å². The van der Waals surface area contributed by atoms with Gasteiger partial charge in [0.05, 0.1) is 12.0 Å². The van der Waals surface area contributed by atoms with Crippen molar-refractivity contribution in [2.24, 2.45) is 5.73 Å². The molecule has 9 nitrogen and oxygen atoms in total. The van der Waals surface area contributed by atoms with Crippen LogP contribution in [0.15, 0.2) is 24.3 Å². The third kappa shape index (κ3) is 7.54. The fraction of sp³-hybridized carbons (Fsp3) is 0.467. The Labute approximate surface area is 138 Å². The van der Waals surface area contributed by atoms with E-state index in [0.717, 1.165) is 0 Å². The van der Waals surface area contributed by atoms with E-state index in [1.54, 1.807) is 20.8 Å². The average Bonchev–Trinajstić information content (AvgIpc) is 2.43. The molecule has 9 heteroatoms. The van der Waals surface area contributed by atoms with Crippen molar-refractivity contribution < 1.29 is 29.0 Å². The molecular weight excluding hydrogens is 320 g/mol. The van der Waals surface area contributed by atoms with Gasteiger partial charge < -0.3 is 14.3 Å². The second-order valence-electron chi connectivity index (χ2n) is 5.93. The molecular formula is C15H20N2O7. The van der Waals surface area contributed by atoms with E-state index < -0.39 is 28.9 Å². The number of nitrogens with zero attached hydrogens (tertiary/aromatic N) is 1. The highest BCUT2D eigenvalue weighted by Gasteiger charge is 2.21. The molecule has 1 atom stereocenters. The highest BCUT2D eigenvalue weighted by Crippen LogP contribution is 2.11. The molecule has 0 aliphatic carbocycles. The largest absolute Gasteiger partial charge is 0.460 e. The van der Waals surface area contributed by atoms with Gasteiger partial charge >= 0.3 is 11.9 Å². The Morgan fingerprint density at radius 3 is 2.33 bits per heavy atom. The fourth-order valence-corrected chi connectivity index (χ4v) is 1.66. The number of ether oxygens (including phenoxy) is 2. The van der Waals surface area contributed by atoms with Crippen molar-refractivity contribution in [3.8, 4) is 0 Å². The Balaban J connectivity index is 2.52. The van der Waals surface area contributed by atoms with Gasteiger partial charge in [-0.25, -0.2) is 4.79 Å². The smallest absolute Gasteiger partial charge is 0.339 e. The van der Waals surface area contributed by atoms with Crippen molar-refractivity contribution in [3.05, 3.63) is 45.5 Å². The molecule has 0 amide bonds. The number of esters is 2. The van der Waals surface area contributed by atoms with Crippen molar-refractivity contribution in [3.63, 3.8) is 0 Å². The van der Waals surface area contributed by atoms with Gasteiger partial charge in [0.2, 0.25) is 0 Å². The van der Waals surface area contributed by atoms with E-state index in [0.29, 0.717) is 5.56 Å². The average molecular weight is 340 g/mol. The summed E-state index contributed by atoms with van der Waals surface area (Å²) in [6.07, 6.45) is -1.40. The van der Waals surface area contributed by atoms with Crippen molar-refractivity contribution in [2.45, 2.75) is 45.6 Å². The van der Waals surface area contributed by atoms with Crippen LogP contribution in [0.5, 0.6) is 0 Å². The molecule has 0 bridgehead atoms. The van der Waals surface area contributed by atoms with Crippen LogP contribution in [0.1, 0.15) is 43.1 Å². The number of benzene rings is 1. The van der Waals surface area contributed by atoms with Gasteiger partial charge in [0.15, 0.2) is 6.23 Å².